The van der Waals surface area contributed by atoms with E-state index < -0.39 is 37.1 Å². The SMILES string of the molecule is OC[C@H]1O[C@@H](c2ccc(Cl)c(Cc3ccc(Oc4cccnc4)cc3)c2)[C@H](O)C(O)[C@@H]1O. The molecule has 0 amide bonds. The predicted octanol–water partition coefficient (Wildman–Crippen LogP) is 2.63. The Morgan fingerprint density at radius 3 is 2.41 bits per heavy atom. The first-order chi connectivity index (χ1) is 15.5. The van der Waals surface area contributed by atoms with Crippen LogP contribution in [0.15, 0.2) is 67.0 Å². The number of pyridine rings is 1. The number of hydrogen-bond donors (Lipinski definition) is 4. The molecule has 1 unspecified atom stereocenters. The van der Waals surface area contributed by atoms with E-state index in [1.807, 2.05) is 30.3 Å². The summed E-state index contributed by atoms with van der Waals surface area (Å²) >= 11 is 6.40. The summed E-state index contributed by atoms with van der Waals surface area (Å²) < 4.78 is 11.4. The maximum atomic E-state index is 10.4. The van der Waals surface area contributed by atoms with E-state index in [0.29, 0.717) is 28.5 Å². The Morgan fingerprint density at radius 1 is 0.938 bits per heavy atom. The van der Waals surface area contributed by atoms with Gasteiger partial charge in [-0.25, -0.2) is 0 Å². The van der Waals surface area contributed by atoms with Gasteiger partial charge in [-0.15, -0.1) is 0 Å². The number of ether oxygens (including phenoxy) is 2. The van der Waals surface area contributed by atoms with Crippen molar-refractivity contribution in [2.75, 3.05) is 6.61 Å². The van der Waals surface area contributed by atoms with Crippen LogP contribution in [0.3, 0.4) is 0 Å². The lowest BCUT2D eigenvalue weighted by Gasteiger charge is -2.40. The van der Waals surface area contributed by atoms with Crippen molar-refractivity contribution < 1.29 is 29.9 Å². The molecule has 2 aromatic carbocycles. The molecule has 32 heavy (non-hydrogen) atoms. The summed E-state index contributed by atoms with van der Waals surface area (Å²) in [6.45, 7) is -0.477. The summed E-state index contributed by atoms with van der Waals surface area (Å²) in [6, 6.07) is 16.4. The van der Waals surface area contributed by atoms with Crippen molar-refractivity contribution in [2.24, 2.45) is 0 Å². The van der Waals surface area contributed by atoms with Crippen molar-refractivity contribution in [2.45, 2.75) is 36.9 Å². The fourth-order valence-electron chi connectivity index (χ4n) is 3.72. The number of hydrogen-bond acceptors (Lipinski definition) is 7. The van der Waals surface area contributed by atoms with E-state index in [2.05, 4.69) is 4.98 Å². The van der Waals surface area contributed by atoms with Crippen molar-refractivity contribution in [3.8, 4) is 11.5 Å². The van der Waals surface area contributed by atoms with Gasteiger partial charge in [0, 0.05) is 11.2 Å². The minimum Gasteiger partial charge on any atom is -0.456 e. The molecule has 8 heteroatoms. The normalized spacial score (nSPS) is 25.5. The second kappa shape index (κ2) is 9.95. The third-order valence-corrected chi connectivity index (χ3v) is 5.85. The van der Waals surface area contributed by atoms with Gasteiger partial charge < -0.3 is 29.9 Å². The van der Waals surface area contributed by atoms with Crippen LogP contribution in [-0.2, 0) is 11.2 Å². The van der Waals surface area contributed by atoms with Crippen molar-refractivity contribution in [1.29, 1.82) is 0 Å². The highest BCUT2D eigenvalue weighted by molar-refractivity contribution is 6.31. The molecule has 1 aliphatic heterocycles. The molecule has 0 bridgehead atoms. The Hall–Kier alpha value is -2.52. The van der Waals surface area contributed by atoms with Crippen molar-refractivity contribution >= 4 is 11.6 Å². The van der Waals surface area contributed by atoms with Crippen LogP contribution in [0.4, 0.5) is 0 Å². The van der Waals surface area contributed by atoms with E-state index in [0.717, 1.165) is 11.1 Å². The molecule has 4 rings (SSSR count). The molecule has 5 atom stereocenters. The molecule has 1 aromatic heterocycles. The number of aromatic nitrogens is 1. The lowest BCUT2D eigenvalue weighted by molar-refractivity contribution is -0.231. The van der Waals surface area contributed by atoms with Crippen molar-refractivity contribution in [3.05, 3.63) is 88.7 Å². The number of halogens is 1. The van der Waals surface area contributed by atoms with Gasteiger partial charge in [0.15, 0.2) is 0 Å². The zero-order valence-electron chi connectivity index (χ0n) is 17.1. The van der Waals surface area contributed by atoms with Gasteiger partial charge in [-0.2, -0.15) is 0 Å². The first kappa shape index (κ1) is 22.7. The van der Waals surface area contributed by atoms with Crippen molar-refractivity contribution in [3.63, 3.8) is 0 Å². The Morgan fingerprint density at radius 2 is 1.72 bits per heavy atom. The van der Waals surface area contributed by atoms with Gasteiger partial charge in [-0.1, -0.05) is 35.9 Å². The molecule has 168 valence electrons. The number of aliphatic hydroxyl groups is 4. The number of rotatable bonds is 6. The molecule has 3 aromatic rings. The van der Waals surface area contributed by atoms with Crippen LogP contribution < -0.4 is 4.74 Å². The van der Waals surface area contributed by atoms with Crippen LogP contribution in [0.25, 0.3) is 0 Å². The second-order valence-corrected chi connectivity index (χ2v) is 8.12. The summed E-state index contributed by atoms with van der Waals surface area (Å²) in [5.74, 6) is 1.33. The Kier molecular flexibility index (Phi) is 7.05. The van der Waals surface area contributed by atoms with Crippen LogP contribution >= 0.6 is 11.6 Å². The quantitative estimate of drug-likeness (QED) is 0.450. The monoisotopic (exact) mass is 457 g/mol. The van der Waals surface area contributed by atoms with Crippen LogP contribution in [-0.4, -0.2) is 56.4 Å². The molecule has 0 aliphatic carbocycles. The topological polar surface area (TPSA) is 112 Å². The fraction of sp³-hybridized carbons (Fsp3) is 0.292. The lowest BCUT2D eigenvalue weighted by atomic mass is 9.90. The number of nitrogens with zero attached hydrogens (tertiary/aromatic N) is 1. The Bertz CT molecular complexity index is 1030. The van der Waals surface area contributed by atoms with Gasteiger partial charge in [0.25, 0.3) is 0 Å². The fourth-order valence-corrected chi connectivity index (χ4v) is 3.91. The van der Waals surface area contributed by atoms with E-state index in [1.54, 1.807) is 36.7 Å². The third kappa shape index (κ3) is 4.94. The first-order valence-electron chi connectivity index (χ1n) is 10.2. The highest BCUT2D eigenvalue weighted by Crippen LogP contribution is 2.34. The molecule has 1 saturated heterocycles. The van der Waals surface area contributed by atoms with Gasteiger partial charge >= 0.3 is 0 Å². The largest absolute Gasteiger partial charge is 0.456 e. The first-order valence-corrected chi connectivity index (χ1v) is 10.6. The highest BCUT2D eigenvalue weighted by Gasteiger charge is 2.44. The van der Waals surface area contributed by atoms with Gasteiger partial charge in [-0.05, 0) is 53.4 Å². The molecule has 0 radical (unpaired) electrons. The molecular formula is C24H24ClNO6. The van der Waals surface area contributed by atoms with Crippen LogP contribution in [0.1, 0.15) is 22.8 Å². The summed E-state index contributed by atoms with van der Waals surface area (Å²) in [7, 11) is 0. The second-order valence-electron chi connectivity index (χ2n) is 7.71. The molecule has 1 fully saturated rings. The molecular weight excluding hydrogens is 434 g/mol. The minimum absolute atomic E-state index is 0.477. The summed E-state index contributed by atoms with van der Waals surface area (Å²) in [5.41, 5.74) is 2.40. The zero-order valence-corrected chi connectivity index (χ0v) is 17.8. The van der Waals surface area contributed by atoms with Gasteiger partial charge in [0.2, 0.25) is 0 Å². The molecule has 0 spiro atoms. The maximum absolute atomic E-state index is 10.4. The van der Waals surface area contributed by atoms with Crippen molar-refractivity contribution in [1.82, 2.24) is 4.98 Å². The summed E-state index contributed by atoms with van der Waals surface area (Å²) in [6.07, 6.45) is -2.21. The molecule has 2 heterocycles. The third-order valence-electron chi connectivity index (χ3n) is 5.48. The van der Waals surface area contributed by atoms with Gasteiger partial charge in [-0.3, -0.25) is 4.98 Å². The van der Waals surface area contributed by atoms with E-state index in [1.165, 1.54) is 0 Å². The van der Waals surface area contributed by atoms with E-state index in [-0.39, 0.29) is 0 Å². The molecule has 1 aliphatic rings. The average molecular weight is 458 g/mol. The minimum atomic E-state index is -1.43. The van der Waals surface area contributed by atoms with Gasteiger partial charge in [0.05, 0.1) is 12.8 Å². The highest BCUT2D eigenvalue weighted by atomic mass is 35.5. The maximum Gasteiger partial charge on any atom is 0.145 e. The summed E-state index contributed by atoms with van der Waals surface area (Å²) in [5, 5.41) is 40.5. The Labute approximate surface area is 190 Å². The summed E-state index contributed by atoms with van der Waals surface area (Å²) in [4.78, 5) is 4.02. The molecule has 4 N–H and O–H groups in total. The molecule has 0 saturated carbocycles. The van der Waals surface area contributed by atoms with Gasteiger partial charge in [0.1, 0.15) is 42.0 Å². The average Bonchev–Trinajstić information content (AvgIpc) is 2.81. The van der Waals surface area contributed by atoms with Crippen LogP contribution in [0.5, 0.6) is 11.5 Å². The lowest BCUT2D eigenvalue weighted by Crippen LogP contribution is -2.55. The number of benzene rings is 2. The number of aliphatic hydroxyl groups excluding tert-OH is 4. The molecule has 7 nitrogen and oxygen atoms in total. The Balaban J connectivity index is 1.50. The van der Waals surface area contributed by atoms with E-state index >= 15 is 0 Å². The standard InChI is InChI=1S/C24H24ClNO6/c25-19-8-5-15(24-23(30)22(29)21(28)20(13-27)32-24)11-16(19)10-14-3-6-17(7-4-14)31-18-2-1-9-26-12-18/h1-9,11-12,20-24,27-30H,10,13H2/t20-,21-,22?,23-,24+/m1/s1. The van der Waals surface area contributed by atoms with Crippen LogP contribution in [0.2, 0.25) is 5.02 Å². The zero-order chi connectivity index (χ0) is 22.7. The van der Waals surface area contributed by atoms with E-state index in [9.17, 15) is 20.4 Å². The van der Waals surface area contributed by atoms with E-state index in [4.69, 9.17) is 21.1 Å². The smallest absolute Gasteiger partial charge is 0.145 e. The van der Waals surface area contributed by atoms with Crippen LogP contribution in [0, 0.1) is 0 Å². The predicted molar refractivity (Wildman–Crippen MR) is 118 cm³/mol.